The molecule has 6 nitrogen and oxygen atoms in total. The Labute approximate surface area is 179 Å². The number of thiazole rings is 1. The van der Waals surface area contributed by atoms with Gasteiger partial charge in [0.15, 0.2) is 5.96 Å². The molecule has 0 fully saturated rings. The third-order valence-corrected chi connectivity index (χ3v) is 4.93. The van der Waals surface area contributed by atoms with Crippen LogP contribution in [0.4, 0.5) is 0 Å². The fourth-order valence-corrected chi connectivity index (χ4v) is 3.19. The number of guanidine groups is 1. The van der Waals surface area contributed by atoms with Gasteiger partial charge in [0, 0.05) is 25.0 Å². The molecule has 1 aromatic heterocycles. The standard InChI is InChI=1S/C17H22ClN5OS.HI/c1-11-12(2)25-15(23-11)10-22-17(19-3)21-9-8-20-16(24)13-6-4-5-7-14(13)18;/h4-7H,8-10H2,1-3H3,(H,20,24)(H2,19,21,22);1H. The van der Waals surface area contributed by atoms with Crippen LogP contribution in [0, 0.1) is 13.8 Å². The van der Waals surface area contributed by atoms with E-state index in [9.17, 15) is 4.79 Å². The van der Waals surface area contributed by atoms with E-state index in [1.807, 2.05) is 6.92 Å². The molecule has 0 aliphatic heterocycles. The number of carbonyl (C=O) groups is 1. The molecule has 142 valence electrons. The summed E-state index contributed by atoms with van der Waals surface area (Å²) in [6.45, 7) is 5.69. The molecular weight excluding hydrogens is 485 g/mol. The molecule has 0 bridgehead atoms. The van der Waals surface area contributed by atoms with Crippen LogP contribution >= 0.6 is 46.9 Å². The second kappa shape index (κ2) is 11.3. The maximum Gasteiger partial charge on any atom is 0.252 e. The number of hydrogen-bond donors (Lipinski definition) is 3. The van der Waals surface area contributed by atoms with Crippen LogP contribution in [0.25, 0.3) is 0 Å². The lowest BCUT2D eigenvalue weighted by Crippen LogP contribution is -2.41. The largest absolute Gasteiger partial charge is 0.355 e. The van der Waals surface area contributed by atoms with Gasteiger partial charge in [-0.05, 0) is 26.0 Å². The minimum absolute atomic E-state index is 0. The van der Waals surface area contributed by atoms with Crippen LogP contribution in [0.1, 0.15) is 25.9 Å². The summed E-state index contributed by atoms with van der Waals surface area (Å²) in [5, 5.41) is 10.6. The Morgan fingerprint density at radius 1 is 1.19 bits per heavy atom. The highest BCUT2D eigenvalue weighted by Gasteiger charge is 2.08. The number of benzene rings is 1. The molecule has 0 aliphatic carbocycles. The molecule has 0 unspecified atom stereocenters. The van der Waals surface area contributed by atoms with Gasteiger partial charge in [-0.3, -0.25) is 9.79 Å². The molecule has 26 heavy (non-hydrogen) atoms. The number of amides is 1. The first-order valence-electron chi connectivity index (χ1n) is 7.91. The molecule has 1 aromatic carbocycles. The van der Waals surface area contributed by atoms with Crippen LogP contribution in [-0.2, 0) is 6.54 Å². The number of rotatable bonds is 6. The Balaban J connectivity index is 0.00000338. The predicted octanol–water partition coefficient (Wildman–Crippen LogP) is 3.13. The van der Waals surface area contributed by atoms with Crippen molar-refractivity contribution in [2.75, 3.05) is 20.1 Å². The maximum atomic E-state index is 12.0. The van der Waals surface area contributed by atoms with Gasteiger partial charge in [-0.25, -0.2) is 4.98 Å². The number of aryl methyl sites for hydroxylation is 2. The van der Waals surface area contributed by atoms with Gasteiger partial charge >= 0.3 is 0 Å². The number of nitrogens with one attached hydrogen (secondary N) is 3. The summed E-state index contributed by atoms with van der Waals surface area (Å²) in [6, 6.07) is 6.97. The van der Waals surface area contributed by atoms with E-state index in [4.69, 9.17) is 11.6 Å². The molecule has 0 radical (unpaired) electrons. The lowest BCUT2D eigenvalue weighted by Gasteiger charge is -2.11. The first kappa shape index (κ1) is 22.7. The minimum Gasteiger partial charge on any atom is -0.355 e. The molecular formula is C17H23ClIN5OS. The van der Waals surface area contributed by atoms with Crippen LogP contribution in [-0.4, -0.2) is 37.0 Å². The fraction of sp³-hybridized carbons (Fsp3) is 0.353. The molecule has 0 saturated carbocycles. The minimum atomic E-state index is -0.191. The number of aromatic nitrogens is 1. The molecule has 2 rings (SSSR count). The van der Waals surface area contributed by atoms with Crippen LogP contribution in [0.5, 0.6) is 0 Å². The third-order valence-electron chi connectivity index (χ3n) is 3.52. The topological polar surface area (TPSA) is 78.4 Å². The van der Waals surface area contributed by atoms with Gasteiger partial charge in [0.2, 0.25) is 0 Å². The van der Waals surface area contributed by atoms with E-state index >= 15 is 0 Å². The zero-order valence-corrected chi connectivity index (χ0v) is 18.8. The number of carbonyl (C=O) groups excluding carboxylic acids is 1. The number of halogens is 2. The second-order valence-corrected chi connectivity index (χ2v) is 7.03. The highest BCUT2D eigenvalue weighted by molar-refractivity contribution is 14.0. The van der Waals surface area contributed by atoms with Crippen molar-refractivity contribution in [2.24, 2.45) is 4.99 Å². The first-order chi connectivity index (χ1) is 12.0. The average Bonchev–Trinajstić information content (AvgIpc) is 2.92. The van der Waals surface area contributed by atoms with E-state index in [0.717, 1.165) is 10.7 Å². The lowest BCUT2D eigenvalue weighted by molar-refractivity contribution is 0.0954. The summed E-state index contributed by atoms with van der Waals surface area (Å²) >= 11 is 7.68. The van der Waals surface area contributed by atoms with Gasteiger partial charge in [0.05, 0.1) is 22.8 Å². The fourth-order valence-electron chi connectivity index (χ4n) is 2.09. The van der Waals surface area contributed by atoms with Crippen LogP contribution in [0.2, 0.25) is 5.02 Å². The van der Waals surface area contributed by atoms with E-state index in [2.05, 4.69) is 32.9 Å². The highest BCUT2D eigenvalue weighted by Crippen LogP contribution is 2.16. The van der Waals surface area contributed by atoms with Gasteiger partial charge in [0.1, 0.15) is 5.01 Å². The van der Waals surface area contributed by atoms with E-state index in [-0.39, 0.29) is 29.9 Å². The Kier molecular flexibility index (Phi) is 9.89. The monoisotopic (exact) mass is 507 g/mol. The van der Waals surface area contributed by atoms with Crippen molar-refractivity contribution in [3.63, 3.8) is 0 Å². The summed E-state index contributed by atoms with van der Waals surface area (Å²) in [4.78, 5) is 21.9. The van der Waals surface area contributed by atoms with E-state index in [1.54, 1.807) is 42.6 Å². The lowest BCUT2D eigenvalue weighted by atomic mass is 10.2. The van der Waals surface area contributed by atoms with Crippen molar-refractivity contribution in [2.45, 2.75) is 20.4 Å². The maximum absolute atomic E-state index is 12.0. The van der Waals surface area contributed by atoms with Crippen molar-refractivity contribution in [3.8, 4) is 0 Å². The Morgan fingerprint density at radius 2 is 1.88 bits per heavy atom. The van der Waals surface area contributed by atoms with Gasteiger partial charge in [0.25, 0.3) is 5.91 Å². The Bertz CT molecular complexity index is 746. The molecule has 2 aromatic rings. The highest BCUT2D eigenvalue weighted by atomic mass is 127. The molecule has 1 heterocycles. The van der Waals surface area contributed by atoms with Crippen LogP contribution in [0.3, 0.4) is 0 Å². The summed E-state index contributed by atoms with van der Waals surface area (Å²) < 4.78 is 0. The van der Waals surface area contributed by atoms with Crippen LogP contribution < -0.4 is 16.0 Å². The Morgan fingerprint density at radius 3 is 2.50 bits per heavy atom. The second-order valence-electron chi connectivity index (χ2n) is 5.34. The van der Waals surface area contributed by atoms with Gasteiger partial charge < -0.3 is 16.0 Å². The quantitative estimate of drug-likeness (QED) is 0.243. The molecule has 9 heteroatoms. The smallest absolute Gasteiger partial charge is 0.252 e. The van der Waals surface area contributed by atoms with Crippen LogP contribution in [0.15, 0.2) is 29.3 Å². The predicted molar refractivity (Wildman–Crippen MR) is 119 cm³/mol. The summed E-state index contributed by atoms with van der Waals surface area (Å²) in [6.07, 6.45) is 0. The molecule has 0 spiro atoms. The molecule has 1 amide bonds. The summed E-state index contributed by atoms with van der Waals surface area (Å²) in [5.41, 5.74) is 1.54. The average molecular weight is 508 g/mol. The summed E-state index contributed by atoms with van der Waals surface area (Å²) in [5.74, 6) is 0.474. The van der Waals surface area contributed by atoms with Gasteiger partial charge in [-0.2, -0.15) is 0 Å². The molecule has 3 N–H and O–H groups in total. The van der Waals surface area contributed by atoms with E-state index in [1.165, 1.54) is 4.88 Å². The van der Waals surface area contributed by atoms with E-state index < -0.39 is 0 Å². The molecule has 0 aliphatic rings. The van der Waals surface area contributed by atoms with Crippen molar-refractivity contribution in [1.29, 1.82) is 0 Å². The summed E-state index contributed by atoms with van der Waals surface area (Å²) in [7, 11) is 1.70. The number of hydrogen-bond acceptors (Lipinski definition) is 4. The SMILES string of the molecule is CN=C(NCCNC(=O)c1ccccc1Cl)NCc1nc(C)c(C)s1.I. The van der Waals surface area contributed by atoms with Gasteiger partial charge in [-0.1, -0.05) is 23.7 Å². The first-order valence-corrected chi connectivity index (χ1v) is 9.11. The number of nitrogens with zero attached hydrogens (tertiary/aromatic N) is 2. The van der Waals surface area contributed by atoms with E-state index in [0.29, 0.717) is 36.2 Å². The van der Waals surface area contributed by atoms with Crippen molar-refractivity contribution in [3.05, 3.63) is 50.4 Å². The molecule has 0 atom stereocenters. The normalized spacial score (nSPS) is 10.8. The third kappa shape index (κ3) is 6.73. The molecule has 0 saturated heterocycles. The zero-order chi connectivity index (χ0) is 18.2. The number of aliphatic imine (C=N–C) groups is 1. The van der Waals surface area contributed by atoms with Crippen molar-refractivity contribution in [1.82, 2.24) is 20.9 Å². The Hall–Kier alpha value is -1.39. The van der Waals surface area contributed by atoms with Crippen molar-refractivity contribution >= 4 is 58.8 Å². The van der Waals surface area contributed by atoms with Gasteiger partial charge in [-0.15, -0.1) is 35.3 Å². The van der Waals surface area contributed by atoms with Crippen molar-refractivity contribution < 1.29 is 4.79 Å². The zero-order valence-electron chi connectivity index (χ0n) is 14.9.